The van der Waals surface area contributed by atoms with Gasteiger partial charge in [0.15, 0.2) is 11.9 Å². The number of alkyl halides is 3. The molecule has 0 radical (unpaired) electrons. The molecule has 1 aliphatic rings. The van der Waals surface area contributed by atoms with Crippen molar-refractivity contribution in [3.05, 3.63) is 59.6 Å². The Bertz CT molecular complexity index is 1220. The molecule has 10 nitrogen and oxygen atoms in total. The van der Waals surface area contributed by atoms with E-state index in [0.29, 0.717) is 17.2 Å². The summed E-state index contributed by atoms with van der Waals surface area (Å²) in [7, 11) is 1.61. The minimum Gasteiger partial charge on any atom is -0.510 e. The maximum Gasteiger partial charge on any atom is 0.449 e. The average molecular weight is 463 g/mol. The first-order valence-corrected chi connectivity index (χ1v) is 9.74. The second-order valence-electron chi connectivity index (χ2n) is 7.49. The van der Waals surface area contributed by atoms with Gasteiger partial charge in [0.05, 0.1) is 18.4 Å². The van der Waals surface area contributed by atoms with Gasteiger partial charge in [0.1, 0.15) is 17.2 Å². The van der Waals surface area contributed by atoms with E-state index in [4.69, 9.17) is 4.42 Å². The molecule has 0 saturated heterocycles. The summed E-state index contributed by atoms with van der Waals surface area (Å²) < 4.78 is 44.3. The van der Waals surface area contributed by atoms with Gasteiger partial charge in [-0.3, -0.25) is 9.48 Å². The minimum absolute atomic E-state index is 0.0431. The van der Waals surface area contributed by atoms with Crippen LogP contribution in [0, 0.1) is 6.92 Å². The molecule has 3 aromatic heterocycles. The Hall–Kier alpha value is -4.03. The van der Waals surface area contributed by atoms with Gasteiger partial charge < -0.3 is 25.1 Å². The minimum atomic E-state index is -4.54. The lowest BCUT2D eigenvalue weighted by atomic mass is 10.1. The molecule has 0 spiro atoms. The lowest BCUT2D eigenvalue weighted by Gasteiger charge is -2.34. The fourth-order valence-corrected chi connectivity index (χ4v) is 3.44. The average Bonchev–Trinajstić information content (AvgIpc) is 3.37. The van der Waals surface area contributed by atoms with Crippen LogP contribution in [0.1, 0.15) is 22.8 Å². The summed E-state index contributed by atoms with van der Waals surface area (Å²) >= 11 is 0. The number of anilines is 3. The van der Waals surface area contributed by atoms with E-state index in [2.05, 4.69) is 32.3 Å². The fourth-order valence-electron chi connectivity index (χ4n) is 3.44. The number of aliphatic hydroxyl groups is 1. The first-order valence-electron chi connectivity index (χ1n) is 9.74. The van der Waals surface area contributed by atoms with Gasteiger partial charge in [0, 0.05) is 25.4 Å². The normalized spacial score (nSPS) is 15.8. The fraction of sp³-hybridized carbons (Fsp3) is 0.300. The van der Waals surface area contributed by atoms with E-state index in [0.717, 1.165) is 11.6 Å². The number of nitrogens with zero attached hydrogens (tertiary/aromatic N) is 5. The van der Waals surface area contributed by atoms with Crippen LogP contribution in [0.15, 0.2) is 41.3 Å². The second-order valence-corrected chi connectivity index (χ2v) is 7.49. The van der Waals surface area contributed by atoms with Crippen molar-refractivity contribution < 1.29 is 27.5 Å². The predicted molar refractivity (Wildman–Crippen MR) is 112 cm³/mol. The highest BCUT2D eigenvalue weighted by Gasteiger charge is 2.36. The van der Waals surface area contributed by atoms with Crippen LogP contribution >= 0.6 is 0 Å². The summed E-state index contributed by atoms with van der Waals surface area (Å²) in [5.41, 5.74) is 1.70. The zero-order valence-electron chi connectivity index (χ0n) is 17.6. The topological polar surface area (TPSA) is 121 Å². The Morgan fingerprint density at radius 3 is 2.79 bits per heavy atom. The van der Waals surface area contributed by atoms with Crippen molar-refractivity contribution in [2.24, 2.45) is 0 Å². The van der Waals surface area contributed by atoms with E-state index in [1.54, 1.807) is 26.4 Å². The first kappa shape index (κ1) is 22.2. The van der Waals surface area contributed by atoms with Gasteiger partial charge in [-0.25, -0.2) is 4.98 Å². The number of aromatic nitrogens is 4. The number of hydrogen-bond donors (Lipinski definition) is 3. The van der Waals surface area contributed by atoms with Gasteiger partial charge in [-0.05, 0) is 19.1 Å². The number of carbonyl (C=O) groups excluding carboxylic acids is 1. The summed E-state index contributed by atoms with van der Waals surface area (Å²) in [6.07, 6.45) is -1.32. The molecule has 1 amide bonds. The number of halogens is 3. The van der Waals surface area contributed by atoms with Crippen molar-refractivity contribution in [3.63, 3.8) is 0 Å². The quantitative estimate of drug-likeness (QED) is 0.477. The summed E-state index contributed by atoms with van der Waals surface area (Å²) in [5, 5.41) is 19.6. The van der Waals surface area contributed by atoms with Crippen molar-refractivity contribution in [1.82, 2.24) is 19.7 Å². The van der Waals surface area contributed by atoms with Gasteiger partial charge in [-0.1, -0.05) is 6.58 Å². The molecule has 13 heteroatoms. The number of hydrogen-bond acceptors (Lipinski definition) is 8. The SMILES string of the molecule is C=C(O)[C@H]1C(=O)Nc2c(C)nc(NCc3cnn(Cc4ccc(C(F)(F)F)o4)c3)nc2N1C. The van der Waals surface area contributed by atoms with E-state index >= 15 is 0 Å². The number of fused-ring (bicyclic) bond motifs is 1. The van der Waals surface area contributed by atoms with Gasteiger partial charge in [-0.2, -0.15) is 23.3 Å². The largest absolute Gasteiger partial charge is 0.510 e. The van der Waals surface area contributed by atoms with Crippen LogP contribution in [-0.4, -0.2) is 43.9 Å². The third kappa shape index (κ3) is 4.47. The van der Waals surface area contributed by atoms with Crippen LogP contribution in [-0.2, 0) is 24.1 Å². The number of aliphatic hydroxyl groups excluding tert-OH is 1. The molecule has 0 aliphatic carbocycles. The zero-order valence-corrected chi connectivity index (χ0v) is 17.6. The molecule has 0 bridgehead atoms. The molecule has 1 aliphatic heterocycles. The van der Waals surface area contributed by atoms with Gasteiger partial charge >= 0.3 is 6.18 Å². The molecule has 0 fully saturated rings. The Balaban J connectivity index is 1.45. The molecule has 33 heavy (non-hydrogen) atoms. The lowest BCUT2D eigenvalue weighted by Crippen LogP contribution is -2.47. The van der Waals surface area contributed by atoms with Crippen LogP contribution < -0.4 is 15.5 Å². The van der Waals surface area contributed by atoms with Crippen LogP contribution in [0.2, 0.25) is 0 Å². The Morgan fingerprint density at radius 2 is 2.12 bits per heavy atom. The predicted octanol–water partition coefficient (Wildman–Crippen LogP) is 3.08. The highest BCUT2D eigenvalue weighted by Crippen LogP contribution is 2.33. The summed E-state index contributed by atoms with van der Waals surface area (Å²) in [5.74, 6) is -0.971. The number of furan rings is 1. The number of nitrogens with one attached hydrogen (secondary N) is 2. The van der Waals surface area contributed by atoms with Crippen molar-refractivity contribution in [3.8, 4) is 0 Å². The van der Waals surface area contributed by atoms with Crippen LogP contribution in [0.4, 0.5) is 30.6 Å². The first-order chi connectivity index (χ1) is 15.5. The molecular formula is C20H20F3N7O3. The molecule has 3 aromatic rings. The highest BCUT2D eigenvalue weighted by atomic mass is 19.4. The highest BCUT2D eigenvalue weighted by molar-refractivity contribution is 6.04. The zero-order chi connectivity index (χ0) is 23.9. The van der Waals surface area contributed by atoms with Crippen molar-refractivity contribution >= 4 is 23.4 Å². The molecule has 3 N–H and O–H groups in total. The molecule has 0 aromatic carbocycles. The van der Waals surface area contributed by atoms with Crippen LogP contribution in [0.3, 0.4) is 0 Å². The molecular weight excluding hydrogens is 443 g/mol. The van der Waals surface area contributed by atoms with Gasteiger partial charge in [0.2, 0.25) is 11.7 Å². The molecule has 0 saturated carbocycles. The Labute approximate surface area is 185 Å². The van der Waals surface area contributed by atoms with Gasteiger partial charge in [0.25, 0.3) is 5.91 Å². The smallest absolute Gasteiger partial charge is 0.449 e. The van der Waals surface area contributed by atoms with E-state index in [9.17, 15) is 23.1 Å². The Morgan fingerprint density at radius 1 is 1.36 bits per heavy atom. The number of likely N-dealkylation sites (N-methyl/N-ethyl adjacent to an activating group) is 1. The van der Waals surface area contributed by atoms with Crippen molar-refractivity contribution in [2.45, 2.75) is 32.2 Å². The van der Waals surface area contributed by atoms with Gasteiger partial charge in [-0.15, -0.1) is 0 Å². The maximum absolute atomic E-state index is 12.7. The Kier molecular flexibility index (Phi) is 5.47. The van der Waals surface area contributed by atoms with E-state index in [1.807, 2.05) is 0 Å². The monoisotopic (exact) mass is 463 g/mol. The third-order valence-corrected chi connectivity index (χ3v) is 5.00. The maximum atomic E-state index is 12.7. The summed E-state index contributed by atoms with van der Waals surface area (Å²) in [6.45, 7) is 5.49. The molecule has 4 heterocycles. The molecule has 1 atom stereocenters. The standard InChI is InChI=1S/C20H20F3N7O3/c1-10-15-17(29(3)16(11(2)31)18(32)27-15)28-19(26-10)24-6-12-7-25-30(8-12)9-13-4-5-14(33-13)20(21,22)23/h4-5,7-8,16,31H,2,6,9H2,1,3H3,(H,27,32)(H,24,26,28)/t16-/m0/s1. The number of rotatable bonds is 6. The third-order valence-electron chi connectivity index (χ3n) is 5.00. The summed E-state index contributed by atoms with van der Waals surface area (Å²) in [4.78, 5) is 22.5. The van der Waals surface area contributed by atoms with Crippen LogP contribution in [0.25, 0.3) is 0 Å². The van der Waals surface area contributed by atoms with Crippen LogP contribution in [0.5, 0.6) is 0 Å². The molecule has 0 unspecified atom stereocenters. The van der Waals surface area contributed by atoms with E-state index in [-0.39, 0.29) is 30.6 Å². The number of carbonyl (C=O) groups is 1. The lowest BCUT2D eigenvalue weighted by molar-refractivity contribution is -0.153. The number of aryl methyl sites for hydroxylation is 1. The molecule has 174 valence electrons. The number of amides is 1. The second kappa shape index (κ2) is 8.15. The van der Waals surface area contributed by atoms with Crippen molar-refractivity contribution in [1.29, 1.82) is 0 Å². The van der Waals surface area contributed by atoms with E-state index < -0.39 is 23.9 Å². The molecule has 4 rings (SSSR count). The van der Waals surface area contributed by atoms with Crippen molar-refractivity contribution in [2.75, 3.05) is 22.6 Å². The van der Waals surface area contributed by atoms with E-state index in [1.165, 1.54) is 15.6 Å². The summed E-state index contributed by atoms with van der Waals surface area (Å²) in [6, 6.07) is 1.17.